The average Bonchev–Trinajstić information content (AvgIpc) is 1.96. The molecule has 1 amide bonds. The molecule has 0 N–H and O–H groups in total. The van der Waals surface area contributed by atoms with E-state index in [0.29, 0.717) is 6.54 Å². The predicted octanol–water partition coefficient (Wildman–Crippen LogP) is 1.99. The van der Waals surface area contributed by atoms with E-state index in [1.807, 2.05) is 20.8 Å². The Hall–Kier alpha value is -1.05. The highest BCUT2D eigenvalue weighted by molar-refractivity contribution is 5.87. The van der Waals surface area contributed by atoms with Gasteiger partial charge in [-0.3, -0.25) is 4.79 Å². The molecule has 0 aliphatic heterocycles. The van der Waals surface area contributed by atoms with Gasteiger partial charge in [0.1, 0.15) is 0 Å². The molecule has 0 radical (unpaired) electrons. The normalized spacial score (nSPS) is 10.6. The van der Waals surface area contributed by atoms with Crippen LogP contribution >= 0.6 is 0 Å². The summed E-state index contributed by atoms with van der Waals surface area (Å²) in [6.07, 6.45) is 3.04. The zero-order valence-corrected chi connectivity index (χ0v) is 8.13. The fraction of sp³-hybridized carbons (Fsp3) is 0.500. The third-order valence-corrected chi connectivity index (χ3v) is 1.56. The van der Waals surface area contributed by atoms with Gasteiger partial charge in [0.15, 0.2) is 0 Å². The molecule has 0 saturated carbocycles. The van der Waals surface area contributed by atoms with Crippen molar-refractivity contribution < 1.29 is 4.79 Å². The van der Waals surface area contributed by atoms with E-state index >= 15 is 0 Å². The summed E-state index contributed by atoms with van der Waals surface area (Å²) in [5, 5.41) is 0. The van der Waals surface area contributed by atoms with Crippen molar-refractivity contribution in [1.82, 2.24) is 4.90 Å². The Balaban J connectivity index is 4.53. The molecule has 0 spiro atoms. The predicted molar refractivity (Wildman–Crippen MR) is 51.9 cm³/mol. The van der Waals surface area contributed by atoms with Crippen LogP contribution in [0.1, 0.15) is 20.8 Å². The Bertz CT molecular complexity index is 189. The van der Waals surface area contributed by atoms with Crippen molar-refractivity contribution in [2.24, 2.45) is 0 Å². The van der Waals surface area contributed by atoms with Crippen LogP contribution in [0.2, 0.25) is 0 Å². The molecule has 0 aliphatic carbocycles. The summed E-state index contributed by atoms with van der Waals surface area (Å²) in [6.45, 7) is 13.6. The van der Waals surface area contributed by atoms with Crippen molar-refractivity contribution in [2.45, 2.75) is 26.3 Å². The highest BCUT2D eigenvalue weighted by atomic mass is 16.2. The van der Waals surface area contributed by atoms with Crippen molar-refractivity contribution in [1.29, 1.82) is 0 Å². The standard InChI is InChI=1S/C10H17NO/c1-6-8-11(9(12)7-2)10(3,4)5/h6-7H,1-2,8H2,3-5H3. The van der Waals surface area contributed by atoms with Crippen molar-refractivity contribution in [3.63, 3.8) is 0 Å². The molecule has 0 aliphatic rings. The zero-order valence-electron chi connectivity index (χ0n) is 8.13. The number of hydrogen-bond acceptors (Lipinski definition) is 1. The van der Waals surface area contributed by atoms with E-state index in [0.717, 1.165) is 0 Å². The van der Waals surface area contributed by atoms with E-state index in [4.69, 9.17) is 0 Å². The molecule has 0 heterocycles. The molecule has 0 rings (SSSR count). The second-order valence-electron chi connectivity index (χ2n) is 3.61. The molecule has 0 aromatic heterocycles. The minimum atomic E-state index is -0.167. The van der Waals surface area contributed by atoms with Crippen LogP contribution in [0.15, 0.2) is 25.3 Å². The van der Waals surface area contributed by atoms with E-state index in [1.165, 1.54) is 6.08 Å². The second-order valence-corrected chi connectivity index (χ2v) is 3.61. The summed E-state index contributed by atoms with van der Waals surface area (Å²) in [6, 6.07) is 0. The summed E-state index contributed by atoms with van der Waals surface area (Å²) in [5.41, 5.74) is -0.167. The largest absolute Gasteiger partial charge is 0.331 e. The van der Waals surface area contributed by atoms with Gasteiger partial charge in [0.05, 0.1) is 0 Å². The first kappa shape index (κ1) is 11.0. The number of hydrogen-bond donors (Lipinski definition) is 0. The molecular formula is C10H17NO. The zero-order chi connectivity index (χ0) is 9.78. The van der Waals surface area contributed by atoms with E-state index in [2.05, 4.69) is 13.2 Å². The third kappa shape index (κ3) is 2.91. The Morgan fingerprint density at radius 1 is 1.42 bits per heavy atom. The number of carbonyl (C=O) groups is 1. The van der Waals surface area contributed by atoms with Gasteiger partial charge < -0.3 is 4.90 Å². The van der Waals surface area contributed by atoms with E-state index in [-0.39, 0.29) is 11.4 Å². The minimum absolute atomic E-state index is 0.0533. The van der Waals surface area contributed by atoms with E-state index < -0.39 is 0 Å². The average molecular weight is 167 g/mol. The molecule has 0 unspecified atom stereocenters. The fourth-order valence-electron chi connectivity index (χ4n) is 0.934. The lowest BCUT2D eigenvalue weighted by atomic mass is 10.1. The Morgan fingerprint density at radius 2 is 1.92 bits per heavy atom. The van der Waals surface area contributed by atoms with Crippen LogP contribution in [-0.2, 0) is 4.79 Å². The van der Waals surface area contributed by atoms with Gasteiger partial charge in [-0.2, -0.15) is 0 Å². The first-order valence-corrected chi connectivity index (χ1v) is 3.98. The molecule has 0 fully saturated rings. The third-order valence-electron chi connectivity index (χ3n) is 1.56. The van der Waals surface area contributed by atoms with Crippen molar-refractivity contribution in [3.8, 4) is 0 Å². The van der Waals surface area contributed by atoms with Crippen LogP contribution in [0.4, 0.5) is 0 Å². The van der Waals surface area contributed by atoms with Gasteiger partial charge in [-0.25, -0.2) is 0 Å². The van der Waals surface area contributed by atoms with Gasteiger partial charge in [0.25, 0.3) is 0 Å². The van der Waals surface area contributed by atoms with Gasteiger partial charge in [0, 0.05) is 12.1 Å². The van der Waals surface area contributed by atoms with E-state index in [9.17, 15) is 4.79 Å². The first-order valence-electron chi connectivity index (χ1n) is 3.98. The molecule has 12 heavy (non-hydrogen) atoms. The molecule has 0 aromatic rings. The summed E-state index contributed by atoms with van der Waals surface area (Å²) in [7, 11) is 0. The summed E-state index contributed by atoms with van der Waals surface area (Å²) < 4.78 is 0. The molecular weight excluding hydrogens is 150 g/mol. The number of nitrogens with zero attached hydrogens (tertiary/aromatic N) is 1. The quantitative estimate of drug-likeness (QED) is 0.465. The second kappa shape index (κ2) is 4.10. The van der Waals surface area contributed by atoms with Crippen molar-refractivity contribution in [3.05, 3.63) is 25.3 Å². The van der Waals surface area contributed by atoms with Gasteiger partial charge in [-0.15, -0.1) is 6.58 Å². The SMILES string of the molecule is C=CCN(C(=O)C=C)C(C)(C)C. The van der Waals surface area contributed by atoms with Crippen molar-refractivity contribution >= 4 is 5.91 Å². The highest BCUT2D eigenvalue weighted by Crippen LogP contribution is 2.13. The highest BCUT2D eigenvalue weighted by Gasteiger charge is 2.22. The van der Waals surface area contributed by atoms with Gasteiger partial charge in [-0.1, -0.05) is 12.7 Å². The maximum absolute atomic E-state index is 11.3. The van der Waals surface area contributed by atoms with Crippen LogP contribution < -0.4 is 0 Å². The smallest absolute Gasteiger partial charge is 0.246 e. The molecule has 68 valence electrons. The lowest BCUT2D eigenvalue weighted by molar-refractivity contribution is -0.129. The van der Waals surface area contributed by atoms with Gasteiger partial charge in [-0.05, 0) is 26.8 Å². The van der Waals surface area contributed by atoms with Crippen LogP contribution in [0.25, 0.3) is 0 Å². The molecule has 0 bridgehead atoms. The monoisotopic (exact) mass is 167 g/mol. The Morgan fingerprint density at radius 3 is 2.17 bits per heavy atom. The van der Waals surface area contributed by atoms with Gasteiger partial charge >= 0.3 is 0 Å². The van der Waals surface area contributed by atoms with Gasteiger partial charge in [0.2, 0.25) is 5.91 Å². The fourth-order valence-corrected chi connectivity index (χ4v) is 0.934. The number of carbonyl (C=O) groups excluding carboxylic acids is 1. The van der Waals surface area contributed by atoms with Crippen LogP contribution in [-0.4, -0.2) is 22.9 Å². The number of rotatable bonds is 3. The summed E-state index contributed by atoms with van der Waals surface area (Å²) in [5.74, 6) is -0.0533. The lowest BCUT2D eigenvalue weighted by Crippen LogP contribution is -2.44. The van der Waals surface area contributed by atoms with Crippen LogP contribution in [0, 0.1) is 0 Å². The molecule has 2 nitrogen and oxygen atoms in total. The topological polar surface area (TPSA) is 20.3 Å². The molecule has 2 heteroatoms. The van der Waals surface area contributed by atoms with Crippen LogP contribution in [0.5, 0.6) is 0 Å². The van der Waals surface area contributed by atoms with E-state index in [1.54, 1.807) is 11.0 Å². The summed E-state index contributed by atoms with van der Waals surface area (Å²) >= 11 is 0. The molecule has 0 atom stereocenters. The van der Waals surface area contributed by atoms with Crippen molar-refractivity contribution in [2.75, 3.05) is 6.54 Å². The minimum Gasteiger partial charge on any atom is -0.331 e. The maximum Gasteiger partial charge on any atom is 0.246 e. The molecule has 0 aromatic carbocycles. The maximum atomic E-state index is 11.3. The Kier molecular flexibility index (Phi) is 3.74. The summed E-state index contributed by atoms with van der Waals surface area (Å²) in [4.78, 5) is 13.0. The number of amides is 1. The first-order chi connectivity index (χ1) is 5.43. The molecule has 0 saturated heterocycles. The Labute approximate surface area is 74.6 Å². The van der Waals surface area contributed by atoms with Crippen LogP contribution in [0.3, 0.4) is 0 Å². The lowest BCUT2D eigenvalue weighted by Gasteiger charge is -2.34.